The Bertz CT molecular complexity index is 911. The van der Waals surface area contributed by atoms with E-state index >= 15 is 0 Å². The Morgan fingerprint density at radius 2 is 1.71 bits per heavy atom. The molecule has 2 saturated heterocycles. The average Bonchev–Trinajstić information content (AvgIpc) is 3.12. The van der Waals surface area contributed by atoms with Crippen LogP contribution in [0, 0.1) is 0 Å². The maximum absolute atomic E-state index is 13.1. The minimum Gasteiger partial charge on any atom is -0.465 e. The van der Waals surface area contributed by atoms with Crippen molar-refractivity contribution in [2.75, 3.05) is 26.2 Å². The smallest absolute Gasteiger partial charge is 0.327 e. The van der Waals surface area contributed by atoms with Gasteiger partial charge in [0, 0.05) is 24.2 Å². The van der Waals surface area contributed by atoms with Crippen LogP contribution in [-0.2, 0) is 29.6 Å². The van der Waals surface area contributed by atoms with Crippen LogP contribution < -0.4 is 10.6 Å². The quantitative estimate of drug-likeness (QED) is 0.663. The first-order valence-electron chi connectivity index (χ1n) is 10.3. The van der Waals surface area contributed by atoms with Crippen LogP contribution in [0.25, 0.3) is 0 Å². The van der Waals surface area contributed by atoms with Gasteiger partial charge in [-0.25, -0.2) is 4.90 Å². The highest BCUT2D eigenvalue weighted by molar-refractivity contribution is 5.88. The van der Waals surface area contributed by atoms with E-state index in [4.69, 9.17) is 9.47 Å². The first kappa shape index (κ1) is 21.0. The first-order valence-corrected chi connectivity index (χ1v) is 10.3. The third kappa shape index (κ3) is 3.80. The lowest BCUT2D eigenvalue weighted by Gasteiger charge is -2.44. The fourth-order valence-electron chi connectivity index (χ4n) is 4.29. The minimum atomic E-state index is -1.25. The highest BCUT2D eigenvalue weighted by Gasteiger charge is 2.60. The molecule has 0 spiro atoms. The Kier molecular flexibility index (Phi) is 6.01. The highest BCUT2D eigenvalue weighted by atomic mass is 16.6. The summed E-state index contributed by atoms with van der Waals surface area (Å²) < 4.78 is 11.0. The van der Waals surface area contributed by atoms with E-state index in [2.05, 4.69) is 10.6 Å². The molecule has 162 valence electrons. The summed E-state index contributed by atoms with van der Waals surface area (Å²) in [5, 5.41) is 5.79. The number of cyclic esters (lactones) is 1. The summed E-state index contributed by atoms with van der Waals surface area (Å²) in [6, 6.07) is 17.4. The summed E-state index contributed by atoms with van der Waals surface area (Å²) in [6.07, 6.45) is 0. The zero-order chi connectivity index (χ0) is 21.8. The largest absolute Gasteiger partial charge is 0.465 e. The SMILES string of the molecule is CCOC(=O)CNC(=O)C1CNCC2C(=O)OC(c3ccccc3)(c3ccccc3)N12. The van der Waals surface area contributed by atoms with Gasteiger partial charge in [-0.3, -0.25) is 14.4 Å². The van der Waals surface area contributed by atoms with Crippen LogP contribution in [0.2, 0.25) is 0 Å². The summed E-state index contributed by atoms with van der Waals surface area (Å²) in [7, 11) is 0. The van der Waals surface area contributed by atoms with Crippen molar-refractivity contribution in [2.45, 2.75) is 24.7 Å². The fraction of sp³-hybridized carbons (Fsp3) is 0.348. The molecule has 2 aromatic carbocycles. The van der Waals surface area contributed by atoms with Gasteiger partial charge in [0.05, 0.1) is 6.61 Å². The topological polar surface area (TPSA) is 97.0 Å². The summed E-state index contributed by atoms with van der Waals surface area (Å²) >= 11 is 0. The van der Waals surface area contributed by atoms with E-state index in [-0.39, 0.29) is 19.1 Å². The van der Waals surface area contributed by atoms with Gasteiger partial charge in [0.25, 0.3) is 0 Å². The first-order chi connectivity index (χ1) is 15.1. The molecule has 2 unspecified atom stereocenters. The number of esters is 2. The molecule has 2 atom stereocenters. The zero-order valence-electron chi connectivity index (χ0n) is 17.2. The molecule has 0 aliphatic carbocycles. The maximum atomic E-state index is 13.1. The molecule has 2 aliphatic heterocycles. The van der Waals surface area contributed by atoms with Crippen molar-refractivity contribution < 1.29 is 23.9 Å². The van der Waals surface area contributed by atoms with Gasteiger partial charge in [-0.15, -0.1) is 0 Å². The van der Waals surface area contributed by atoms with E-state index < -0.39 is 29.7 Å². The monoisotopic (exact) mass is 423 g/mol. The van der Waals surface area contributed by atoms with Crippen LogP contribution >= 0.6 is 0 Å². The van der Waals surface area contributed by atoms with Crippen molar-refractivity contribution in [2.24, 2.45) is 0 Å². The summed E-state index contributed by atoms with van der Waals surface area (Å²) in [5.41, 5.74) is 0.252. The zero-order valence-corrected chi connectivity index (χ0v) is 17.2. The predicted molar refractivity (Wildman–Crippen MR) is 112 cm³/mol. The third-order valence-electron chi connectivity index (χ3n) is 5.58. The lowest BCUT2D eigenvalue weighted by atomic mass is 9.90. The van der Waals surface area contributed by atoms with Gasteiger partial charge in [0.2, 0.25) is 11.6 Å². The van der Waals surface area contributed by atoms with Crippen molar-refractivity contribution in [1.29, 1.82) is 0 Å². The van der Waals surface area contributed by atoms with Crippen molar-refractivity contribution in [3.63, 3.8) is 0 Å². The molecule has 2 aromatic rings. The van der Waals surface area contributed by atoms with E-state index in [1.807, 2.05) is 65.6 Å². The number of hydrogen-bond acceptors (Lipinski definition) is 7. The minimum absolute atomic E-state index is 0.236. The van der Waals surface area contributed by atoms with E-state index in [1.165, 1.54) is 0 Å². The number of nitrogens with one attached hydrogen (secondary N) is 2. The summed E-state index contributed by atoms with van der Waals surface area (Å²) in [6.45, 7) is 2.38. The second-order valence-corrected chi connectivity index (χ2v) is 7.42. The Labute approximate surface area is 180 Å². The number of fused-ring (bicyclic) bond motifs is 1. The van der Waals surface area contributed by atoms with Crippen LogP contribution in [0.3, 0.4) is 0 Å². The van der Waals surface area contributed by atoms with Gasteiger partial charge < -0.3 is 20.1 Å². The van der Waals surface area contributed by atoms with Crippen molar-refractivity contribution in [3.05, 3.63) is 71.8 Å². The van der Waals surface area contributed by atoms with Gasteiger partial charge in [0.1, 0.15) is 18.6 Å². The fourth-order valence-corrected chi connectivity index (χ4v) is 4.29. The number of ether oxygens (including phenoxy) is 2. The third-order valence-corrected chi connectivity index (χ3v) is 5.58. The summed E-state index contributed by atoms with van der Waals surface area (Å²) in [5.74, 6) is -1.29. The Balaban J connectivity index is 1.75. The van der Waals surface area contributed by atoms with Gasteiger partial charge in [-0.1, -0.05) is 60.7 Å². The van der Waals surface area contributed by atoms with E-state index in [1.54, 1.807) is 6.92 Å². The maximum Gasteiger partial charge on any atom is 0.327 e. The number of hydrogen-bond donors (Lipinski definition) is 2. The molecule has 2 fully saturated rings. The normalized spacial score (nSPS) is 22.3. The standard InChI is InChI=1S/C23H25N3O5/c1-2-30-20(27)15-25-21(28)18-13-24-14-19-22(29)31-23(26(18)19,16-9-5-3-6-10-16)17-11-7-4-8-12-17/h3-12,18-19,24H,2,13-15H2,1H3,(H,25,28). The Morgan fingerprint density at radius 3 is 2.29 bits per heavy atom. The van der Waals surface area contributed by atoms with Crippen molar-refractivity contribution in [3.8, 4) is 0 Å². The molecule has 4 rings (SSSR count). The van der Waals surface area contributed by atoms with E-state index in [0.29, 0.717) is 13.1 Å². The highest BCUT2D eigenvalue weighted by Crippen LogP contribution is 2.45. The Hall–Kier alpha value is -3.23. The molecular weight excluding hydrogens is 398 g/mol. The molecule has 8 nitrogen and oxygen atoms in total. The molecule has 0 aromatic heterocycles. The predicted octanol–water partition coefficient (Wildman–Crippen LogP) is 0.766. The van der Waals surface area contributed by atoms with Gasteiger partial charge in [0.15, 0.2) is 0 Å². The number of benzene rings is 2. The van der Waals surface area contributed by atoms with Crippen LogP contribution in [0.15, 0.2) is 60.7 Å². The molecule has 0 saturated carbocycles. The van der Waals surface area contributed by atoms with Gasteiger partial charge in [-0.05, 0) is 6.92 Å². The molecular formula is C23H25N3O5. The molecule has 2 heterocycles. The van der Waals surface area contributed by atoms with E-state index in [9.17, 15) is 14.4 Å². The number of nitrogens with zero attached hydrogens (tertiary/aromatic N) is 1. The molecule has 0 radical (unpaired) electrons. The number of carbonyl (C=O) groups is 3. The van der Waals surface area contributed by atoms with E-state index in [0.717, 1.165) is 11.1 Å². The van der Waals surface area contributed by atoms with Crippen LogP contribution in [0.5, 0.6) is 0 Å². The molecule has 2 N–H and O–H groups in total. The number of amides is 1. The second-order valence-electron chi connectivity index (χ2n) is 7.42. The van der Waals surface area contributed by atoms with Crippen LogP contribution in [-0.4, -0.2) is 61.1 Å². The average molecular weight is 423 g/mol. The van der Waals surface area contributed by atoms with Crippen LogP contribution in [0.4, 0.5) is 0 Å². The lowest BCUT2D eigenvalue weighted by molar-refractivity contribution is -0.153. The number of rotatable bonds is 6. The van der Waals surface area contributed by atoms with Crippen LogP contribution in [0.1, 0.15) is 18.1 Å². The second kappa shape index (κ2) is 8.87. The number of carbonyl (C=O) groups excluding carboxylic acids is 3. The molecule has 8 heteroatoms. The molecule has 2 aliphatic rings. The molecule has 31 heavy (non-hydrogen) atoms. The summed E-state index contributed by atoms with van der Waals surface area (Å²) in [4.78, 5) is 39.7. The van der Waals surface area contributed by atoms with Gasteiger partial charge >= 0.3 is 11.9 Å². The molecule has 0 bridgehead atoms. The van der Waals surface area contributed by atoms with Crippen molar-refractivity contribution >= 4 is 17.8 Å². The number of piperazine rings is 1. The lowest BCUT2D eigenvalue weighted by Crippen LogP contribution is -2.66. The molecule has 1 amide bonds. The Morgan fingerprint density at radius 1 is 1.10 bits per heavy atom. The van der Waals surface area contributed by atoms with Crippen molar-refractivity contribution in [1.82, 2.24) is 15.5 Å². The van der Waals surface area contributed by atoms with Gasteiger partial charge in [-0.2, -0.15) is 0 Å².